The monoisotopic (exact) mass is 231 g/mol. The van der Waals surface area contributed by atoms with Crippen LogP contribution in [0.4, 0.5) is 0 Å². The first kappa shape index (κ1) is 8.12. The van der Waals surface area contributed by atoms with Crippen LogP contribution in [0.15, 0.2) is 0 Å². The Morgan fingerprint density at radius 3 is 2.25 bits per heavy atom. The molecular formula is C3H6INO3. The lowest BCUT2D eigenvalue weighted by atomic mass is 10.3. The Kier molecular flexibility index (Phi) is 2.64. The Morgan fingerprint density at radius 1 is 1.88 bits per heavy atom. The van der Waals surface area contributed by atoms with Crippen molar-refractivity contribution in [2.45, 2.75) is 3.55 Å². The molecule has 0 rings (SSSR count). The second kappa shape index (κ2) is 2.60. The van der Waals surface area contributed by atoms with Gasteiger partial charge in [0.2, 0.25) is 0 Å². The highest BCUT2D eigenvalue weighted by atomic mass is 127. The largest absolute Gasteiger partial charge is 0.479 e. The maximum Gasteiger partial charge on any atom is 0.336 e. The van der Waals surface area contributed by atoms with Gasteiger partial charge in [-0.25, -0.2) is 4.79 Å². The molecule has 0 aromatic rings. The number of alkyl halides is 1. The fourth-order valence-corrected chi connectivity index (χ4v) is 0.0676. The van der Waals surface area contributed by atoms with Crippen LogP contribution in [-0.2, 0) is 4.79 Å². The molecule has 0 aliphatic rings. The molecule has 8 heavy (non-hydrogen) atoms. The van der Waals surface area contributed by atoms with E-state index in [0.29, 0.717) is 0 Å². The highest BCUT2D eigenvalue weighted by molar-refractivity contribution is 14.1. The summed E-state index contributed by atoms with van der Waals surface area (Å²) in [5.74, 6) is -1.21. The molecule has 4 N–H and O–H groups in total. The van der Waals surface area contributed by atoms with Crippen molar-refractivity contribution in [1.29, 1.82) is 0 Å². The molecule has 0 amide bonds. The quantitative estimate of drug-likeness (QED) is 0.328. The third-order valence-corrected chi connectivity index (χ3v) is 1.39. The molecule has 1 atom stereocenters. The SMILES string of the molecule is N[C@](I)(CO)C(=O)O. The first-order valence-electron chi connectivity index (χ1n) is 1.83. The Labute approximate surface area is 59.8 Å². The molecule has 0 spiro atoms. The predicted octanol–water partition coefficient (Wildman–Crippen LogP) is -0.847. The number of hydrogen-bond acceptors (Lipinski definition) is 3. The van der Waals surface area contributed by atoms with Gasteiger partial charge in [-0.1, -0.05) is 0 Å². The predicted molar refractivity (Wildman–Crippen MR) is 35.7 cm³/mol. The summed E-state index contributed by atoms with van der Waals surface area (Å²) in [6.07, 6.45) is 0. The number of carboxylic acid groups (broad SMARTS) is 1. The summed E-state index contributed by atoms with van der Waals surface area (Å²) in [5.41, 5.74) is 5.00. The van der Waals surface area contributed by atoms with Gasteiger partial charge in [0.05, 0.1) is 6.61 Å². The molecule has 0 unspecified atom stereocenters. The van der Waals surface area contributed by atoms with Gasteiger partial charge >= 0.3 is 5.97 Å². The van der Waals surface area contributed by atoms with Crippen LogP contribution >= 0.6 is 22.6 Å². The van der Waals surface area contributed by atoms with Crippen molar-refractivity contribution in [3.63, 3.8) is 0 Å². The first-order chi connectivity index (χ1) is 3.50. The average molecular weight is 231 g/mol. The van der Waals surface area contributed by atoms with E-state index in [2.05, 4.69) is 0 Å². The van der Waals surface area contributed by atoms with E-state index in [0.717, 1.165) is 0 Å². The minimum atomic E-state index is -1.52. The second-order valence-corrected chi connectivity index (χ2v) is 3.25. The molecule has 0 heterocycles. The fraction of sp³-hybridized carbons (Fsp3) is 0.667. The standard InChI is InChI=1S/C3H6INO3/c4-3(5,1-6)2(7)8/h6H,1,5H2,(H,7,8)/t3-/m1/s1. The van der Waals surface area contributed by atoms with Crippen LogP contribution in [0.2, 0.25) is 0 Å². The third-order valence-electron chi connectivity index (χ3n) is 0.586. The highest BCUT2D eigenvalue weighted by Gasteiger charge is 2.28. The van der Waals surface area contributed by atoms with E-state index in [1.807, 2.05) is 0 Å². The Morgan fingerprint density at radius 2 is 2.25 bits per heavy atom. The summed E-state index contributed by atoms with van der Waals surface area (Å²) in [6, 6.07) is 0. The summed E-state index contributed by atoms with van der Waals surface area (Å²) in [6.45, 7) is -0.553. The molecule has 0 fully saturated rings. The smallest absolute Gasteiger partial charge is 0.336 e. The van der Waals surface area contributed by atoms with E-state index in [1.165, 1.54) is 22.6 Å². The molecule has 0 aromatic carbocycles. The second-order valence-electron chi connectivity index (χ2n) is 1.33. The van der Waals surface area contributed by atoms with E-state index in [4.69, 9.17) is 15.9 Å². The molecule has 0 aliphatic heterocycles. The van der Waals surface area contributed by atoms with Crippen molar-refractivity contribution in [2.24, 2.45) is 5.73 Å². The molecule has 5 heteroatoms. The minimum absolute atomic E-state index is 0.553. The zero-order chi connectivity index (χ0) is 6.78. The average Bonchev–Trinajstić information content (AvgIpc) is 1.67. The summed E-state index contributed by atoms with van der Waals surface area (Å²) >= 11 is 1.46. The van der Waals surface area contributed by atoms with Gasteiger partial charge < -0.3 is 15.9 Å². The van der Waals surface area contributed by atoms with Crippen LogP contribution < -0.4 is 5.73 Å². The fourth-order valence-electron chi connectivity index (χ4n) is 0.0676. The van der Waals surface area contributed by atoms with E-state index >= 15 is 0 Å². The molecule has 4 nitrogen and oxygen atoms in total. The molecule has 0 bridgehead atoms. The van der Waals surface area contributed by atoms with E-state index in [1.54, 1.807) is 0 Å². The van der Waals surface area contributed by atoms with Gasteiger partial charge in [0, 0.05) is 0 Å². The van der Waals surface area contributed by atoms with Crippen molar-refractivity contribution in [1.82, 2.24) is 0 Å². The van der Waals surface area contributed by atoms with Crippen LogP contribution in [0.1, 0.15) is 0 Å². The van der Waals surface area contributed by atoms with Gasteiger partial charge in [0.15, 0.2) is 3.55 Å². The first-order valence-corrected chi connectivity index (χ1v) is 2.90. The third kappa shape index (κ3) is 1.93. The van der Waals surface area contributed by atoms with Gasteiger partial charge in [0.25, 0.3) is 0 Å². The molecule has 0 saturated heterocycles. The zero-order valence-electron chi connectivity index (χ0n) is 3.97. The number of carbonyl (C=O) groups is 1. The number of hydrogen-bond donors (Lipinski definition) is 3. The summed E-state index contributed by atoms with van der Waals surface area (Å²) in [5, 5.41) is 16.4. The van der Waals surface area contributed by atoms with Gasteiger partial charge in [-0.15, -0.1) is 0 Å². The Balaban J connectivity index is 3.91. The minimum Gasteiger partial charge on any atom is -0.479 e. The summed E-state index contributed by atoms with van der Waals surface area (Å²) in [4.78, 5) is 9.96. The topological polar surface area (TPSA) is 83.5 Å². The van der Waals surface area contributed by atoms with E-state index < -0.39 is 16.1 Å². The van der Waals surface area contributed by atoms with Crippen LogP contribution in [0.3, 0.4) is 0 Å². The molecule has 0 radical (unpaired) electrons. The Bertz CT molecular complexity index is 103. The van der Waals surface area contributed by atoms with Crippen molar-refractivity contribution in [3.05, 3.63) is 0 Å². The molecule has 0 aromatic heterocycles. The van der Waals surface area contributed by atoms with Crippen LogP contribution in [0.5, 0.6) is 0 Å². The summed E-state index contributed by atoms with van der Waals surface area (Å²) in [7, 11) is 0. The van der Waals surface area contributed by atoms with E-state index in [-0.39, 0.29) is 0 Å². The lowest BCUT2D eigenvalue weighted by Crippen LogP contribution is -2.44. The zero-order valence-corrected chi connectivity index (χ0v) is 6.12. The molecular weight excluding hydrogens is 225 g/mol. The van der Waals surface area contributed by atoms with Gasteiger partial charge in [-0.3, -0.25) is 0 Å². The van der Waals surface area contributed by atoms with Crippen LogP contribution in [0.25, 0.3) is 0 Å². The van der Waals surface area contributed by atoms with Crippen molar-refractivity contribution in [3.8, 4) is 0 Å². The normalized spacial score (nSPS) is 17.4. The lowest BCUT2D eigenvalue weighted by molar-refractivity contribution is -0.140. The number of halogens is 1. The van der Waals surface area contributed by atoms with Crippen molar-refractivity contribution < 1.29 is 15.0 Å². The van der Waals surface area contributed by atoms with Crippen molar-refractivity contribution in [2.75, 3.05) is 6.61 Å². The number of carboxylic acids is 1. The van der Waals surface area contributed by atoms with E-state index in [9.17, 15) is 4.79 Å². The number of aliphatic hydroxyl groups is 1. The maximum atomic E-state index is 9.96. The number of aliphatic hydroxyl groups excluding tert-OH is 1. The van der Waals surface area contributed by atoms with Crippen molar-refractivity contribution >= 4 is 28.6 Å². The lowest BCUT2D eigenvalue weighted by Gasteiger charge is -2.11. The Hall–Kier alpha value is 0.120. The number of nitrogens with two attached hydrogens (primary N) is 1. The molecule has 0 aliphatic carbocycles. The van der Waals surface area contributed by atoms with Crippen LogP contribution in [0, 0.1) is 0 Å². The van der Waals surface area contributed by atoms with Crippen LogP contribution in [-0.4, -0.2) is 26.3 Å². The summed E-state index contributed by atoms with van der Waals surface area (Å²) < 4.78 is -1.52. The number of rotatable bonds is 2. The molecule has 0 saturated carbocycles. The number of aliphatic carboxylic acids is 1. The molecule has 48 valence electrons. The van der Waals surface area contributed by atoms with Gasteiger partial charge in [0.1, 0.15) is 0 Å². The van der Waals surface area contributed by atoms with Gasteiger partial charge in [-0.2, -0.15) is 0 Å². The van der Waals surface area contributed by atoms with Gasteiger partial charge in [-0.05, 0) is 22.6 Å². The highest BCUT2D eigenvalue weighted by Crippen LogP contribution is 2.08. The maximum absolute atomic E-state index is 9.96.